The Morgan fingerprint density at radius 1 is 1.00 bits per heavy atom. The number of sulfonamides is 1. The van der Waals surface area contributed by atoms with E-state index in [9.17, 15) is 18.0 Å². The third kappa shape index (κ3) is 6.04. The van der Waals surface area contributed by atoms with Crippen molar-refractivity contribution in [3.05, 3.63) is 65.7 Å². The van der Waals surface area contributed by atoms with Gasteiger partial charge in [-0.25, -0.2) is 8.42 Å². The molecule has 1 N–H and O–H groups in total. The van der Waals surface area contributed by atoms with Crippen molar-refractivity contribution >= 4 is 21.8 Å². The van der Waals surface area contributed by atoms with Crippen LogP contribution in [0.4, 0.5) is 0 Å². The van der Waals surface area contributed by atoms with Gasteiger partial charge in [0.15, 0.2) is 6.61 Å². The number of hydrogen-bond donors (Lipinski definition) is 1. The molecule has 0 aromatic heterocycles. The lowest BCUT2D eigenvalue weighted by molar-refractivity contribution is -0.134. The Kier molecular flexibility index (Phi) is 7.07. The summed E-state index contributed by atoms with van der Waals surface area (Å²) in [7, 11) is -3.24. The summed E-state index contributed by atoms with van der Waals surface area (Å²) in [6.07, 6.45) is 1.16. The Balaban J connectivity index is 1.49. The van der Waals surface area contributed by atoms with Crippen LogP contribution in [-0.4, -0.2) is 68.5 Å². The highest BCUT2D eigenvalue weighted by atomic mass is 32.2. The number of rotatable bonds is 7. The Labute approximate surface area is 176 Å². The van der Waals surface area contributed by atoms with E-state index in [1.54, 1.807) is 29.2 Å². The summed E-state index contributed by atoms with van der Waals surface area (Å²) in [5.41, 5.74) is 1.44. The minimum Gasteiger partial charge on any atom is -0.484 e. The fraction of sp³-hybridized carbons (Fsp3) is 0.333. The zero-order chi connectivity index (χ0) is 21.6. The van der Waals surface area contributed by atoms with E-state index < -0.39 is 10.0 Å². The predicted octanol–water partition coefficient (Wildman–Crippen LogP) is 1.10. The summed E-state index contributed by atoms with van der Waals surface area (Å²) < 4.78 is 30.0. The van der Waals surface area contributed by atoms with Gasteiger partial charge in [-0.3, -0.25) is 9.59 Å². The summed E-state index contributed by atoms with van der Waals surface area (Å²) in [5.74, 6) is -0.0277. The van der Waals surface area contributed by atoms with Crippen molar-refractivity contribution in [2.24, 2.45) is 0 Å². The molecule has 1 aliphatic heterocycles. The van der Waals surface area contributed by atoms with Crippen molar-refractivity contribution in [1.82, 2.24) is 14.5 Å². The van der Waals surface area contributed by atoms with E-state index in [0.29, 0.717) is 30.9 Å². The fourth-order valence-electron chi connectivity index (χ4n) is 3.11. The third-order valence-corrected chi connectivity index (χ3v) is 6.12. The van der Waals surface area contributed by atoms with Crippen LogP contribution in [0.25, 0.3) is 0 Å². The van der Waals surface area contributed by atoms with Crippen LogP contribution in [0, 0.1) is 0 Å². The molecule has 0 aliphatic carbocycles. The van der Waals surface area contributed by atoms with Crippen LogP contribution >= 0.6 is 0 Å². The molecule has 1 saturated heterocycles. The zero-order valence-corrected chi connectivity index (χ0v) is 17.6. The number of ether oxygens (including phenoxy) is 1. The van der Waals surface area contributed by atoms with Crippen LogP contribution in [0.1, 0.15) is 15.9 Å². The maximum Gasteiger partial charge on any atom is 0.260 e. The number of carbonyl (C=O) groups excluding carboxylic acids is 2. The maximum atomic E-state index is 12.4. The smallest absolute Gasteiger partial charge is 0.260 e. The highest BCUT2D eigenvalue weighted by Gasteiger charge is 2.26. The van der Waals surface area contributed by atoms with Gasteiger partial charge in [0.25, 0.3) is 11.8 Å². The molecule has 1 aliphatic rings. The highest BCUT2D eigenvalue weighted by molar-refractivity contribution is 7.88. The molecular formula is C21H25N3O5S. The van der Waals surface area contributed by atoms with Gasteiger partial charge in [-0.15, -0.1) is 0 Å². The van der Waals surface area contributed by atoms with Gasteiger partial charge in [0.2, 0.25) is 10.0 Å². The van der Waals surface area contributed by atoms with Gasteiger partial charge in [0, 0.05) is 38.3 Å². The molecule has 0 radical (unpaired) electrons. The van der Waals surface area contributed by atoms with Crippen LogP contribution in [0.15, 0.2) is 54.6 Å². The molecule has 160 valence electrons. The van der Waals surface area contributed by atoms with Gasteiger partial charge < -0.3 is 15.0 Å². The number of amides is 2. The van der Waals surface area contributed by atoms with Crippen molar-refractivity contribution in [3.8, 4) is 5.75 Å². The van der Waals surface area contributed by atoms with E-state index in [2.05, 4.69) is 5.32 Å². The minimum atomic E-state index is -3.24. The second-order valence-electron chi connectivity index (χ2n) is 7.03. The molecule has 0 bridgehead atoms. The minimum absolute atomic E-state index is 0.173. The number of nitrogens with zero attached hydrogens (tertiary/aromatic N) is 2. The van der Waals surface area contributed by atoms with Crippen molar-refractivity contribution in [3.63, 3.8) is 0 Å². The Bertz CT molecular complexity index is 987. The molecule has 3 rings (SSSR count). The van der Waals surface area contributed by atoms with Gasteiger partial charge in [0.05, 0.1) is 6.26 Å². The molecule has 0 unspecified atom stereocenters. The van der Waals surface area contributed by atoms with Crippen LogP contribution in [0.3, 0.4) is 0 Å². The molecule has 8 nitrogen and oxygen atoms in total. The third-order valence-electron chi connectivity index (χ3n) is 4.81. The van der Waals surface area contributed by atoms with Crippen molar-refractivity contribution < 1.29 is 22.7 Å². The largest absolute Gasteiger partial charge is 0.484 e. The van der Waals surface area contributed by atoms with E-state index in [-0.39, 0.29) is 31.5 Å². The molecular weight excluding hydrogens is 406 g/mol. The molecule has 0 spiro atoms. The number of nitrogens with one attached hydrogen (secondary N) is 1. The molecule has 9 heteroatoms. The van der Waals surface area contributed by atoms with Gasteiger partial charge in [-0.1, -0.05) is 36.4 Å². The summed E-state index contributed by atoms with van der Waals surface area (Å²) >= 11 is 0. The molecule has 0 atom stereocenters. The van der Waals surface area contributed by atoms with Crippen LogP contribution < -0.4 is 10.1 Å². The van der Waals surface area contributed by atoms with E-state index >= 15 is 0 Å². The van der Waals surface area contributed by atoms with E-state index in [1.807, 2.05) is 30.3 Å². The van der Waals surface area contributed by atoms with Crippen molar-refractivity contribution in [2.75, 3.05) is 39.0 Å². The summed E-state index contributed by atoms with van der Waals surface area (Å²) in [6.45, 7) is 1.47. The number of benzene rings is 2. The van der Waals surface area contributed by atoms with Crippen LogP contribution in [0.5, 0.6) is 5.75 Å². The monoisotopic (exact) mass is 431 g/mol. The topological polar surface area (TPSA) is 96.0 Å². The molecule has 2 amide bonds. The Morgan fingerprint density at radius 2 is 1.70 bits per heavy atom. The van der Waals surface area contributed by atoms with Gasteiger partial charge in [-0.05, 0) is 23.8 Å². The molecule has 1 fully saturated rings. The van der Waals surface area contributed by atoms with Gasteiger partial charge >= 0.3 is 0 Å². The maximum absolute atomic E-state index is 12.4. The first-order valence-electron chi connectivity index (χ1n) is 9.61. The standard InChI is InChI=1S/C21H25N3O5S/c1-30(27,28)24-12-10-23(11-13-24)20(25)16-29-19-9-5-8-18(14-19)21(26)22-15-17-6-3-2-4-7-17/h2-9,14H,10-13,15-16H2,1H3,(H,22,26). The van der Waals surface area contributed by atoms with Gasteiger partial charge in [0.1, 0.15) is 5.75 Å². The van der Waals surface area contributed by atoms with Gasteiger partial charge in [-0.2, -0.15) is 4.31 Å². The lowest BCUT2D eigenvalue weighted by Crippen LogP contribution is -2.51. The number of carbonyl (C=O) groups is 2. The lowest BCUT2D eigenvalue weighted by atomic mass is 10.2. The van der Waals surface area contributed by atoms with E-state index in [1.165, 1.54) is 4.31 Å². The Hall–Kier alpha value is -2.91. The van der Waals surface area contributed by atoms with E-state index in [0.717, 1.165) is 11.8 Å². The molecule has 2 aromatic rings. The summed E-state index contributed by atoms with van der Waals surface area (Å²) in [4.78, 5) is 26.3. The Morgan fingerprint density at radius 3 is 2.37 bits per heavy atom. The van der Waals surface area contributed by atoms with Crippen LogP contribution in [-0.2, 0) is 21.4 Å². The second kappa shape index (κ2) is 9.73. The first-order chi connectivity index (χ1) is 14.3. The SMILES string of the molecule is CS(=O)(=O)N1CCN(C(=O)COc2cccc(C(=O)NCc3ccccc3)c2)CC1. The van der Waals surface area contributed by atoms with Crippen molar-refractivity contribution in [1.29, 1.82) is 0 Å². The normalized spacial score (nSPS) is 14.9. The zero-order valence-electron chi connectivity index (χ0n) is 16.8. The number of piperazine rings is 1. The predicted molar refractivity (Wildman–Crippen MR) is 113 cm³/mol. The van der Waals surface area contributed by atoms with Crippen molar-refractivity contribution in [2.45, 2.75) is 6.54 Å². The van der Waals surface area contributed by atoms with Crippen LogP contribution in [0.2, 0.25) is 0 Å². The lowest BCUT2D eigenvalue weighted by Gasteiger charge is -2.33. The molecule has 1 heterocycles. The molecule has 0 saturated carbocycles. The average molecular weight is 432 g/mol. The average Bonchev–Trinajstić information content (AvgIpc) is 2.76. The number of hydrogen-bond acceptors (Lipinski definition) is 5. The summed E-state index contributed by atoms with van der Waals surface area (Å²) in [6, 6.07) is 16.3. The molecule has 30 heavy (non-hydrogen) atoms. The first-order valence-corrected chi connectivity index (χ1v) is 11.5. The quantitative estimate of drug-likeness (QED) is 0.708. The second-order valence-corrected chi connectivity index (χ2v) is 9.01. The summed E-state index contributed by atoms with van der Waals surface area (Å²) in [5, 5.41) is 2.85. The van der Waals surface area contributed by atoms with E-state index in [4.69, 9.17) is 4.74 Å². The highest BCUT2D eigenvalue weighted by Crippen LogP contribution is 2.14. The first kappa shape index (κ1) is 21.8. The fourth-order valence-corrected chi connectivity index (χ4v) is 3.94. The molecule has 2 aromatic carbocycles.